The van der Waals surface area contributed by atoms with Crippen molar-refractivity contribution in [2.24, 2.45) is 0 Å². The molecule has 25 heavy (non-hydrogen) atoms. The number of thiocarbonyl (C=S) groups is 1. The Morgan fingerprint density at radius 3 is 2.48 bits per heavy atom. The van der Waals surface area contributed by atoms with Crippen molar-refractivity contribution in [1.29, 1.82) is 0 Å². The first-order valence-electron chi connectivity index (χ1n) is 7.97. The van der Waals surface area contributed by atoms with Crippen molar-refractivity contribution >= 4 is 28.7 Å². The molecule has 0 radical (unpaired) electrons. The van der Waals surface area contributed by atoms with E-state index in [1.54, 1.807) is 7.11 Å². The maximum atomic E-state index is 13.7. The van der Waals surface area contributed by atoms with Gasteiger partial charge in [-0.25, -0.2) is 8.78 Å². The van der Waals surface area contributed by atoms with E-state index < -0.39 is 11.6 Å². The molecule has 0 unspecified atom stereocenters. The SMILES string of the molecule is COc1ccccc1N1CCN(C(=S)Nc2ccc(F)cc2F)CC1. The number of hydrogen-bond donors (Lipinski definition) is 1. The molecule has 1 fully saturated rings. The van der Waals surface area contributed by atoms with Crippen LogP contribution in [0.3, 0.4) is 0 Å². The summed E-state index contributed by atoms with van der Waals surface area (Å²) in [7, 11) is 1.66. The second-order valence-corrected chi connectivity index (χ2v) is 6.09. The highest BCUT2D eigenvalue weighted by Gasteiger charge is 2.21. The summed E-state index contributed by atoms with van der Waals surface area (Å²) < 4.78 is 32.1. The second kappa shape index (κ2) is 7.65. The van der Waals surface area contributed by atoms with Crippen molar-refractivity contribution in [1.82, 2.24) is 4.90 Å². The number of rotatable bonds is 3. The maximum Gasteiger partial charge on any atom is 0.173 e. The molecule has 2 aromatic carbocycles. The van der Waals surface area contributed by atoms with E-state index in [1.807, 2.05) is 29.2 Å². The molecule has 0 spiro atoms. The Balaban J connectivity index is 1.61. The van der Waals surface area contributed by atoms with Crippen molar-refractivity contribution in [3.05, 3.63) is 54.1 Å². The fourth-order valence-corrected chi connectivity index (χ4v) is 3.12. The number of nitrogens with zero attached hydrogens (tertiary/aromatic N) is 2. The minimum absolute atomic E-state index is 0.179. The zero-order valence-corrected chi connectivity index (χ0v) is 14.7. The first-order chi connectivity index (χ1) is 12.1. The number of halogens is 2. The predicted octanol–water partition coefficient (Wildman–Crippen LogP) is 3.49. The first kappa shape index (κ1) is 17.4. The summed E-state index contributed by atoms with van der Waals surface area (Å²) in [6.07, 6.45) is 0. The standard InChI is InChI=1S/C18H19F2N3OS/c1-24-17-5-3-2-4-16(17)22-8-10-23(11-9-22)18(25)21-15-7-6-13(19)12-14(15)20/h2-7,12H,8-11H2,1H3,(H,21,25). The van der Waals surface area contributed by atoms with Gasteiger partial charge in [-0.1, -0.05) is 12.1 Å². The molecule has 1 saturated heterocycles. The summed E-state index contributed by atoms with van der Waals surface area (Å²) in [5.74, 6) is -0.431. The van der Waals surface area contributed by atoms with E-state index in [9.17, 15) is 8.78 Å². The van der Waals surface area contributed by atoms with Crippen LogP contribution in [0.5, 0.6) is 5.75 Å². The van der Waals surface area contributed by atoms with Crippen LogP contribution in [0.25, 0.3) is 0 Å². The molecule has 7 heteroatoms. The molecule has 3 rings (SSSR count). The van der Waals surface area contributed by atoms with Crippen molar-refractivity contribution < 1.29 is 13.5 Å². The lowest BCUT2D eigenvalue weighted by Crippen LogP contribution is -2.50. The number of anilines is 2. The highest BCUT2D eigenvalue weighted by atomic mass is 32.1. The third kappa shape index (κ3) is 3.99. The van der Waals surface area contributed by atoms with E-state index >= 15 is 0 Å². The summed E-state index contributed by atoms with van der Waals surface area (Å²) in [6.45, 7) is 2.95. The molecule has 132 valence electrons. The number of benzene rings is 2. The summed E-state index contributed by atoms with van der Waals surface area (Å²) in [5, 5.41) is 3.29. The maximum absolute atomic E-state index is 13.7. The van der Waals surface area contributed by atoms with E-state index in [4.69, 9.17) is 17.0 Å². The Hall–Kier alpha value is -2.41. The van der Waals surface area contributed by atoms with E-state index in [-0.39, 0.29) is 5.69 Å². The van der Waals surface area contributed by atoms with Crippen molar-refractivity contribution in [2.75, 3.05) is 43.5 Å². The van der Waals surface area contributed by atoms with E-state index in [1.165, 1.54) is 12.1 Å². The fraction of sp³-hybridized carbons (Fsp3) is 0.278. The van der Waals surface area contributed by atoms with Crippen LogP contribution in [-0.2, 0) is 0 Å². The normalized spacial score (nSPS) is 14.4. The predicted molar refractivity (Wildman–Crippen MR) is 99.4 cm³/mol. The van der Waals surface area contributed by atoms with Gasteiger partial charge < -0.3 is 19.9 Å². The molecule has 1 aliphatic rings. The van der Waals surface area contributed by atoms with Gasteiger partial charge in [-0.3, -0.25) is 0 Å². The topological polar surface area (TPSA) is 27.7 Å². The van der Waals surface area contributed by atoms with Gasteiger partial charge in [0.25, 0.3) is 0 Å². The molecule has 0 aromatic heterocycles. The molecule has 2 aromatic rings. The van der Waals surface area contributed by atoms with Crippen molar-refractivity contribution in [2.45, 2.75) is 0 Å². The van der Waals surface area contributed by atoms with Crippen LogP contribution in [0.4, 0.5) is 20.2 Å². The molecular formula is C18H19F2N3OS. The smallest absolute Gasteiger partial charge is 0.173 e. The third-order valence-electron chi connectivity index (χ3n) is 4.17. The zero-order valence-electron chi connectivity index (χ0n) is 13.8. The number of ether oxygens (including phenoxy) is 1. The summed E-state index contributed by atoms with van der Waals surface area (Å²) >= 11 is 5.36. The first-order valence-corrected chi connectivity index (χ1v) is 8.38. The molecule has 0 saturated carbocycles. The largest absolute Gasteiger partial charge is 0.495 e. The van der Waals surface area contributed by atoms with Gasteiger partial charge >= 0.3 is 0 Å². The van der Waals surface area contributed by atoms with E-state index in [0.29, 0.717) is 18.2 Å². The lowest BCUT2D eigenvalue weighted by atomic mass is 10.2. The Morgan fingerprint density at radius 1 is 1.08 bits per heavy atom. The Morgan fingerprint density at radius 2 is 1.80 bits per heavy atom. The molecule has 1 N–H and O–H groups in total. The fourth-order valence-electron chi connectivity index (χ4n) is 2.83. The van der Waals surface area contributed by atoms with Gasteiger partial charge in [0.1, 0.15) is 17.4 Å². The Kier molecular flexibility index (Phi) is 5.33. The quantitative estimate of drug-likeness (QED) is 0.843. The highest BCUT2D eigenvalue weighted by Crippen LogP contribution is 2.28. The monoisotopic (exact) mass is 363 g/mol. The lowest BCUT2D eigenvalue weighted by Gasteiger charge is -2.37. The number of hydrogen-bond acceptors (Lipinski definition) is 3. The van der Waals surface area contributed by atoms with Gasteiger partial charge in [0.2, 0.25) is 0 Å². The van der Waals surface area contributed by atoms with E-state index in [2.05, 4.69) is 10.2 Å². The number of nitrogens with one attached hydrogen (secondary N) is 1. The van der Waals surface area contributed by atoms with Gasteiger partial charge in [-0.2, -0.15) is 0 Å². The summed E-state index contributed by atoms with van der Waals surface area (Å²) in [6, 6.07) is 11.3. The van der Waals surface area contributed by atoms with Crippen LogP contribution < -0.4 is 15.0 Å². The van der Waals surface area contributed by atoms with Gasteiger partial charge in [0.15, 0.2) is 5.11 Å². The second-order valence-electron chi connectivity index (χ2n) is 5.70. The molecule has 0 bridgehead atoms. The van der Waals surface area contributed by atoms with Gasteiger partial charge in [0, 0.05) is 32.2 Å². The van der Waals surface area contributed by atoms with E-state index in [0.717, 1.165) is 30.6 Å². The van der Waals surface area contributed by atoms with Crippen molar-refractivity contribution in [3.63, 3.8) is 0 Å². The molecule has 0 atom stereocenters. The summed E-state index contributed by atoms with van der Waals surface area (Å²) in [4.78, 5) is 4.21. The van der Waals surface area contributed by atoms with Gasteiger partial charge in [0.05, 0.1) is 18.5 Å². The minimum Gasteiger partial charge on any atom is -0.495 e. The van der Waals surface area contributed by atoms with Crippen LogP contribution in [0, 0.1) is 11.6 Å². The van der Waals surface area contributed by atoms with Crippen LogP contribution >= 0.6 is 12.2 Å². The average Bonchev–Trinajstić information content (AvgIpc) is 2.64. The van der Waals surface area contributed by atoms with Crippen LogP contribution in [0.2, 0.25) is 0 Å². The molecule has 0 amide bonds. The van der Waals surface area contributed by atoms with Gasteiger partial charge in [-0.15, -0.1) is 0 Å². The van der Waals surface area contributed by atoms with Gasteiger partial charge in [-0.05, 0) is 36.5 Å². The molecule has 4 nitrogen and oxygen atoms in total. The minimum atomic E-state index is -0.657. The molecule has 0 aliphatic carbocycles. The Bertz CT molecular complexity index is 764. The molecule has 1 aliphatic heterocycles. The van der Waals surface area contributed by atoms with Crippen LogP contribution in [0.15, 0.2) is 42.5 Å². The van der Waals surface area contributed by atoms with Crippen LogP contribution in [-0.4, -0.2) is 43.3 Å². The third-order valence-corrected chi connectivity index (χ3v) is 4.53. The zero-order chi connectivity index (χ0) is 17.8. The number of para-hydroxylation sites is 2. The molecular weight excluding hydrogens is 344 g/mol. The Labute approximate surface area is 151 Å². The van der Waals surface area contributed by atoms with Crippen LogP contribution in [0.1, 0.15) is 0 Å². The molecule has 1 heterocycles. The van der Waals surface area contributed by atoms with Crippen molar-refractivity contribution in [3.8, 4) is 5.75 Å². The number of methoxy groups -OCH3 is 1. The number of piperazine rings is 1. The average molecular weight is 363 g/mol. The highest BCUT2D eigenvalue weighted by molar-refractivity contribution is 7.80. The summed E-state index contributed by atoms with van der Waals surface area (Å²) in [5.41, 5.74) is 1.23. The lowest BCUT2D eigenvalue weighted by molar-refractivity contribution is 0.381.